The van der Waals surface area contributed by atoms with Crippen molar-refractivity contribution in [2.75, 3.05) is 11.4 Å². The zero-order chi connectivity index (χ0) is 23.2. The van der Waals surface area contributed by atoms with E-state index >= 15 is 0 Å². The molecule has 0 spiro atoms. The van der Waals surface area contributed by atoms with Crippen molar-refractivity contribution >= 4 is 34.7 Å². The number of halogens is 1. The van der Waals surface area contributed by atoms with Gasteiger partial charge in [-0.15, -0.1) is 11.3 Å². The van der Waals surface area contributed by atoms with Crippen LogP contribution in [-0.2, 0) is 9.59 Å². The summed E-state index contributed by atoms with van der Waals surface area (Å²) in [5, 5.41) is 7.39. The summed E-state index contributed by atoms with van der Waals surface area (Å²) >= 11 is 1.26. The molecule has 0 saturated heterocycles. The number of furan rings is 1. The highest BCUT2D eigenvalue weighted by Gasteiger charge is 2.36. The number of hydrogen-bond acceptors (Lipinski definition) is 5. The van der Waals surface area contributed by atoms with Crippen molar-refractivity contribution in [2.24, 2.45) is 0 Å². The van der Waals surface area contributed by atoms with Crippen LogP contribution < -0.4 is 15.5 Å². The minimum Gasteiger partial charge on any atom is -0.467 e. The molecule has 1 aromatic carbocycles. The van der Waals surface area contributed by atoms with E-state index in [4.69, 9.17) is 4.42 Å². The Labute approximate surface area is 194 Å². The van der Waals surface area contributed by atoms with Crippen molar-refractivity contribution < 1.29 is 23.2 Å². The van der Waals surface area contributed by atoms with E-state index in [2.05, 4.69) is 10.6 Å². The van der Waals surface area contributed by atoms with Crippen LogP contribution in [0.25, 0.3) is 0 Å². The molecule has 0 unspecified atom stereocenters. The number of rotatable bonds is 8. The van der Waals surface area contributed by atoms with E-state index < -0.39 is 17.8 Å². The molecule has 172 valence electrons. The van der Waals surface area contributed by atoms with Crippen LogP contribution in [0.2, 0.25) is 0 Å². The molecule has 1 aliphatic rings. The minimum absolute atomic E-state index is 0.0265. The minimum atomic E-state index is -1.11. The molecule has 9 heteroatoms. The van der Waals surface area contributed by atoms with Crippen molar-refractivity contribution in [3.8, 4) is 0 Å². The lowest BCUT2D eigenvalue weighted by Gasteiger charge is -2.31. The van der Waals surface area contributed by atoms with Gasteiger partial charge in [-0.3, -0.25) is 19.3 Å². The topological polar surface area (TPSA) is 91.7 Å². The lowest BCUT2D eigenvalue weighted by molar-refractivity contribution is -0.127. The first-order valence-corrected chi connectivity index (χ1v) is 11.6. The zero-order valence-corrected chi connectivity index (χ0v) is 18.6. The Morgan fingerprint density at radius 1 is 1.09 bits per heavy atom. The smallest absolute Gasteiger partial charge is 0.261 e. The van der Waals surface area contributed by atoms with E-state index in [-0.39, 0.29) is 30.2 Å². The standard InChI is InChI=1S/C24H24FN3O4S/c25-16-9-11-18(12-10-16)28(21(29)15-26-23(30)20-8-4-14-33-20)22(19-7-3-13-32-19)24(31)27-17-5-1-2-6-17/h3-4,7-14,17,22H,1-2,5-6,15H2,(H,26,30)(H,27,31)/t22-/m0/s1. The first kappa shape index (κ1) is 22.7. The summed E-state index contributed by atoms with van der Waals surface area (Å²) in [5.74, 6) is -1.51. The van der Waals surface area contributed by atoms with Gasteiger partial charge in [0.1, 0.15) is 11.6 Å². The molecule has 0 radical (unpaired) electrons. The molecule has 1 saturated carbocycles. The molecule has 1 fully saturated rings. The fraction of sp³-hybridized carbons (Fsp3) is 0.292. The van der Waals surface area contributed by atoms with Crippen molar-refractivity contribution in [3.05, 3.63) is 76.6 Å². The van der Waals surface area contributed by atoms with E-state index in [0.29, 0.717) is 10.6 Å². The molecule has 3 amide bonds. The summed E-state index contributed by atoms with van der Waals surface area (Å²) in [6, 6.07) is 10.8. The Morgan fingerprint density at radius 2 is 1.85 bits per heavy atom. The second kappa shape index (κ2) is 10.4. The van der Waals surface area contributed by atoms with Crippen LogP contribution in [-0.4, -0.2) is 30.3 Å². The number of benzene rings is 1. The van der Waals surface area contributed by atoms with Gasteiger partial charge in [0.2, 0.25) is 5.91 Å². The summed E-state index contributed by atoms with van der Waals surface area (Å²) in [6.07, 6.45) is 5.24. The van der Waals surface area contributed by atoms with E-state index in [0.717, 1.165) is 25.7 Å². The average Bonchev–Trinajstić information content (AvgIpc) is 3.60. The van der Waals surface area contributed by atoms with Gasteiger partial charge in [-0.2, -0.15) is 0 Å². The second-order valence-corrected chi connectivity index (χ2v) is 8.76. The Hall–Kier alpha value is -3.46. The number of nitrogens with zero attached hydrogens (tertiary/aromatic N) is 1. The molecule has 4 rings (SSSR count). The number of nitrogens with one attached hydrogen (secondary N) is 2. The largest absolute Gasteiger partial charge is 0.467 e. The van der Waals surface area contributed by atoms with Crippen LogP contribution in [0, 0.1) is 5.82 Å². The summed E-state index contributed by atoms with van der Waals surface area (Å²) < 4.78 is 19.1. The number of carbonyl (C=O) groups excluding carboxylic acids is 3. The van der Waals surface area contributed by atoms with Gasteiger partial charge in [-0.05, 0) is 60.7 Å². The third kappa shape index (κ3) is 5.48. The summed E-state index contributed by atoms with van der Waals surface area (Å²) in [6.45, 7) is -0.345. The molecule has 2 heterocycles. The van der Waals surface area contributed by atoms with Gasteiger partial charge in [-0.1, -0.05) is 18.9 Å². The van der Waals surface area contributed by atoms with Gasteiger partial charge in [0.15, 0.2) is 6.04 Å². The summed E-state index contributed by atoms with van der Waals surface area (Å²) in [4.78, 5) is 40.8. The Kier molecular flexibility index (Phi) is 7.19. The fourth-order valence-corrected chi connectivity index (χ4v) is 4.59. The molecule has 0 aliphatic heterocycles. The van der Waals surface area contributed by atoms with Crippen molar-refractivity contribution in [1.82, 2.24) is 10.6 Å². The van der Waals surface area contributed by atoms with Crippen LogP contribution in [0.3, 0.4) is 0 Å². The molecule has 7 nitrogen and oxygen atoms in total. The first-order valence-electron chi connectivity index (χ1n) is 10.8. The fourth-order valence-electron chi connectivity index (χ4n) is 3.95. The molecular weight excluding hydrogens is 445 g/mol. The maximum atomic E-state index is 13.6. The molecule has 1 aliphatic carbocycles. The van der Waals surface area contributed by atoms with Gasteiger partial charge >= 0.3 is 0 Å². The van der Waals surface area contributed by atoms with Gasteiger partial charge < -0.3 is 15.1 Å². The van der Waals surface area contributed by atoms with E-state index in [1.807, 2.05) is 0 Å². The molecule has 33 heavy (non-hydrogen) atoms. The number of anilines is 1. The molecule has 1 atom stereocenters. The summed E-state index contributed by atoms with van der Waals surface area (Å²) in [7, 11) is 0. The van der Waals surface area contributed by atoms with Gasteiger partial charge in [0.25, 0.3) is 11.8 Å². The van der Waals surface area contributed by atoms with Crippen LogP contribution >= 0.6 is 11.3 Å². The third-order valence-electron chi connectivity index (χ3n) is 5.54. The lowest BCUT2D eigenvalue weighted by Crippen LogP contribution is -2.49. The SMILES string of the molecule is O=C(NCC(=O)N(c1ccc(F)cc1)[C@H](C(=O)NC1CCCC1)c1ccco1)c1cccs1. The van der Waals surface area contributed by atoms with Gasteiger partial charge in [0, 0.05) is 11.7 Å². The number of hydrogen-bond donors (Lipinski definition) is 2. The average molecular weight is 470 g/mol. The first-order chi connectivity index (χ1) is 16.0. The van der Waals surface area contributed by atoms with Crippen LogP contribution in [0.15, 0.2) is 64.6 Å². The van der Waals surface area contributed by atoms with E-state index in [1.54, 1.807) is 29.6 Å². The van der Waals surface area contributed by atoms with Crippen molar-refractivity contribution in [3.63, 3.8) is 0 Å². The number of amides is 3. The van der Waals surface area contributed by atoms with E-state index in [1.165, 1.54) is 46.8 Å². The molecule has 3 aromatic rings. The lowest BCUT2D eigenvalue weighted by atomic mass is 10.1. The summed E-state index contributed by atoms with van der Waals surface area (Å²) in [5.41, 5.74) is 0.315. The Bertz CT molecular complexity index is 1080. The Morgan fingerprint density at radius 3 is 2.48 bits per heavy atom. The van der Waals surface area contributed by atoms with Crippen LogP contribution in [0.1, 0.15) is 47.2 Å². The van der Waals surface area contributed by atoms with Crippen LogP contribution in [0.5, 0.6) is 0 Å². The van der Waals surface area contributed by atoms with Gasteiger partial charge in [0.05, 0.1) is 17.7 Å². The predicted molar refractivity (Wildman–Crippen MR) is 122 cm³/mol. The normalized spacial score (nSPS) is 14.6. The highest BCUT2D eigenvalue weighted by Crippen LogP contribution is 2.29. The van der Waals surface area contributed by atoms with Crippen molar-refractivity contribution in [2.45, 2.75) is 37.8 Å². The van der Waals surface area contributed by atoms with E-state index in [9.17, 15) is 18.8 Å². The molecule has 2 N–H and O–H groups in total. The van der Waals surface area contributed by atoms with Crippen LogP contribution in [0.4, 0.5) is 10.1 Å². The number of thiophene rings is 1. The zero-order valence-electron chi connectivity index (χ0n) is 17.8. The van der Waals surface area contributed by atoms with Crippen molar-refractivity contribution in [1.29, 1.82) is 0 Å². The second-order valence-electron chi connectivity index (χ2n) is 7.81. The third-order valence-corrected chi connectivity index (χ3v) is 6.41. The Balaban J connectivity index is 1.63. The van der Waals surface area contributed by atoms with Gasteiger partial charge in [-0.25, -0.2) is 4.39 Å². The number of carbonyl (C=O) groups is 3. The molecule has 0 bridgehead atoms. The monoisotopic (exact) mass is 469 g/mol. The highest BCUT2D eigenvalue weighted by molar-refractivity contribution is 7.12. The maximum absolute atomic E-state index is 13.6. The quantitative estimate of drug-likeness (QED) is 0.521. The highest BCUT2D eigenvalue weighted by atomic mass is 32.1. The molecular formula is C24H24FN3O4S. The molecule has 2 aromatic heterocycles. The predicted octanol–water partition coefficient (Wildman–Crippen LogP) is 4.04. The maximum Gasteiger partial charge on any atom is 0.261 e.